The van der Waals surface area contributed by atoms with Crippen LogP contribution in [0.25, 0.3) is 0 Å². The molecule has 0 aliphatic heterocycles. The van der Waals surface area contributed by atoms with Crippen LogP contribution < -0.4 is 10.1 Å². The van der Waals surface area contributed by atoms with E-state index in [-0.39, 0.29) is 10.8 Å². The number of alkyl halides is 3. The molecule has 0 spiro atoms. The molecule has 0 radical (unpaired) electrons. The van der Waals surface area contributed by atoms with Gasteiger partial charge in [-0.3, -0.25) is 0 Å². The smallest absolute Gasteiger partial charge is 0.417 e. The third-order valence-electron chi connectivity index (χ3n) is 2.64. The summed E-state index contributed by atoms with van der Waals surface area (Å²) in [6.07, 6.45) is -2.14. The van der Waals surface area contributed by atoms with Crippen molar-refractivity contribution in [3.05, 3.63) is 46.7 Å². The number of methoxy groups -OCH3 is 1. The second-order valence-electron chi connectivity index (χ2n) is 4.11. The van der Waals surface area contributed by atoms with Crippen molar-refractivity contribution >= 4 is 17.4 Å². The van der Waals surface area contributed by atoms with Gasteiger partial charge in [0.15, 0.2) is 0 Å². The molecule has 2 aromatic heterocycles. The summed E-state index contributed by atoms with van der Waals surface area (Å²) in [5.41, 5.74) is -0.0715. The van der Waals surface area contributed by atoms with Crippen LogP contribution in [0.1, 0.15) is 11.1 Å². The molecular formula is C13H11ClF3N3O. The Bertz CT molecular complexity index is 617. The molecule has 2 aromatic rings. The van der Waals surface area contributed by atoms with Crippen LogP contribution in [-0.4, -0.2) is 17.1 Å². The van der Waals surface area contributed by atoms with Gasteiger partial charge in [0.2, 0.25) is 5.88 Å². The van der Waals surface area contributed by atoms with Gasteiger partial charge < -0.3 is 10.1 Å². The summed E-state index contributed by atoms with van der Waals surface area (Å²) in [6.45, 7) is 0.328. The van der Waals surface area contributed by atoms with E-state index in [2.05, 4.69) is 15.3 Å². The number of halogens is 4. The molecule has 2 heterocycles. The van der Waals surface area contributed by atoms with Crippen LogP contribution in [0, 0.1) is 0 Å². The first-order valence-electron chi connectivity index (χ1n) is 5.85. The largest absolute Gasteiger partial charge is 0.481 e. The maximum absolute atomic E-state index is 12.5. The summed E-state index contributed by atoms with van der Waals surface area (Å²) >= 11 is 5.79. The van der Waals surface area contributed by atoms with Gasteiger partial charge in [0.05, 0.1) is 17.7 Å². The lowest BCUT2D eigenvalue weighted by Gasteiger charge is -2.10. The Balaban J connectivity index is 2.06. The lowest BCUT2D eigenvalue weighted by atomic mass is 10.2. The number of anilines is 1. The van der Waals surface area contributed by atoms with E-state index in [0.29, 0.717) is 12.4 Å². The molecule has 1 N–H and O–H groups in total. The van der Waals surface area contributed by atoms with Gasteiger partial charge in [-0.25, -0.2) is 9.97 Å². The standard InChI is InChI=1S/C13H11ClF3N3O/c1-21-11-3-2-8(5-18-11)6-19-12-10(14)4-9(7-20-12)13(15,16)17/h2-5,7H,6H2,1H3,(H,19,20). The SMILES string of the molecule is COc1ccc(CNc2ncc(C(F)(F)F)cc2Cl)cn1. The normalized spacial score (nSPS) is 11.3. The molecule has 0 unspecified atom stereocenters. The fourth-order valence-corrected chi connectivity index (χ4v) is 1.78. The molecule has 0 aliphatic rings. The minimum absolute atomic E-state index is 0.0914. The summed E-state index contributed by atoms with van der Waals surface area (Å²) in [4.78, 5) is 7.70. The zero-order valence-corrected chi connectivity index (χ0v) is 11.7. The van der Waals surface area contributed by atoms with Crippen LogP contribution >= 0.6 is 11.6 Å². The Morgan fingerprint density at radius 3 is 2.52 bits per heavy atom. The van der Waals surface area contributed by atoms with Gasteiger partial charge >= 0.3 is 6.18 Å². The summed E-state index contributed by atoms with van der Waals surface area (Å²) < 4.78 is 42.4. The monoisotopic (exact) mass is 317 g/mol. The van der Waals surface area contributed by atoms with E-state index < -0.39 is 11.7 Å². The van der Waals surface area contributed by atoms with Crippen molar-refractivity contribution < 1.29 is 17.9 Å². The maximum atomic E-state index is 12.5. The topological polar surface area (TPSA) is 47.0 Å². The fraction of sp³-hybridized carbons (Fsp3) is 0.231. The van der Waals surface area contributed by atoms with Gasteiger partial charge in [0, 0.05) is 25.0 Å². The molecule has 0 saturated carbocycles. The van der Waals surface area contributed by atoms with Gasteiger partial charge in [-0.1, -0.05) is 17.7 Å². The van der Waals surface area contributed by atoms with Gasteiger partial charge in [0.25, 0.3) is 0 Å². The zero-order valence-electron chi connectivity index (χ0n) is 10.9. The Labute approximate surface area is 123 Å². The minimum atomic E-state index is -4.46. The Hall–Kier alpha value is -2.02. The first-order valence-corrected chi connectivity index (χ1v) is 6.23. The number of aromatic nitrogens is 2. The molecule has 0 bridgehead atoms. The Morgan fingerprint density at radius 2 is 2.00 bits per heavy atom. The molecular weight excluding hydrogens is 307 g/mol. The number of hydrogen-bond acceptors (Lipinski definition) is 4. The quantitative estimate of drug-likeness (QED) is 0.932. The van der Waals surface area contributed by atoms with E-state index in [1.54, 1.807) is 18.3 Å². The molecule has 0 aromatic carbocycles. The predicted octanol–water partition coefficient (Wildman–Crippen LogP) is 3.77. The van der Waals surface area contributed by atoms with Crippen LogP contribution in [0.15, 0.2) is 30.6 Å². The van der Waals surface area contributed by atoms with Crippen molar-refractivity contribution in [1.29, 1.82) is 0 Å². The number of pyridine rings is 2. The molecule has 4 nitrogen and oxygen atoms in total. The molecule has 0 saturated heterocycles. The molecule has 8 heteroatoms. The third-order valence-corrected chi connectivity index (χ3v) is 2.92. The lowest BCUT2D eigenvalue weighted by Crippen LogP contribution is -2.08. The van der Waals surface area contributed by atoms with E-state index in [9.17, 15) is 13.2 Å². The average Bonchev–Trinajstić information content (AvgIpc) is 2.45. The number of ether oxygens (including phenoxy) is 1. The first-order chi connectivity index (χ1) is 9.90. The molecule has 21 heavy (non-hydrogen) atoms. The van der Waals surface area contributed by atoms with E-state index in [0.717, 1.165) is 17.8 Å². The predicted molar refractivity (Wildman–Crippen MR) is 72.4 cm³/mol. The highest BCUT2D eigenvalue weighted by Crippen LogP contribution is 2.32. The van der Waals surface area contributed by atoms with Crippen molar-refractivity contribution in [1.82, 2.24) is 9.97 Å². The fourth-order valence-electron chi connectivity index (χ4n) is 1.55. The highest BCUT2D eigenvalue weighted by atomic mass is 35.5. The van der Waals surface area contributed by atoms with E-state index in [1.807, 2.05) is 0 Å². The van der Waals surface area contributed by atoms with Gasteiger partial charge in [-0.05, 0) is 11.6 Å². The summed E-state index contributed by atoms with van der Waals surface area (Å²) in [5.74, 6) is 0.657. The lowest BCUT2D eigenvalue weighted by molar-refractivity contribution is -0.137. The number of nitrogens with zero attached hydrogens (tertiary/aromatic N) is 2. The number of rotatable bonds is 4. The van der Waals surface area contributed by atoms with Crippen LogP contribution in [0.5, 0.6) is 5.88 Å². The van der Waals surface area contributed by atoms with Crippen molar-refractivity contribution in [2.45, 2.75) is 12.7 Å². The van der Waals surface area contributed by atoms with Gasteiger partial charge in [-0.2, -0.15) is 13.2 Å². The summed E-state index contributed by atoms with van der Waals surface area (Å²) in [5, 5.41) is 2.76. The first kappa shape index (κ1) is 15.4. The summed E-state index contributed by atoms with van der Waals surface area (Å²) in [6, 6.07) is 4.29. The molecule has 0 fully saturated rings. The highest BCUT2D eigenvalue weighted by molar-refractivity contribution is 6.32. The van der Waals surface area contributed by atoms with Crippen LogP contribution in [-0.2, 0) is 12.7 Å². The van der Waals surface area contributed by atoms with Crippen LogP contribution in [0.2, 0.25) is 5.02 Å². The highest BCUT2D eigenvalue weighted by Gasteiger charge is 2.31. The van der Waals surface area contributed by atoms with E-state index in [1.165, 1.54) is 7.11 Å². The molecule has 0 atom stereocenters. The van der Waals surface area contributed by atoms with Crippen molar-refractivity contribution in [2.75, 3.05) is 12.4 Å². The summed E-state index contributed by atoms with van der Waals surface area (Å²) in [7, 11) is 1.51. The minimum Gasteiger partial charge on any atom is -0.481 e. The van der Waals surface area contributed by atoms with Gasteiger partial charge in [0.1, 0.15) is 5.82 Å². The Kier molecular flexibility index (Phi) is 4.52. The second-order valence-corrected chi connectivity index (χ2v) is 4.52. The van der Waals surface area contributed by atoms with Crippen molar-refractivity contribution in [2.24, 2.45) is 0 Å². The molecule has 112 valence electrons. The van der Waals surface area contributed by atoms with E-state index in [4.69, 9.17) is 16.3 Å². The molecule has 2 rings (SSSR count). The third kappa shape index (κ3) is 3.98. The number of nitrogens with one attached hydrogen (secondary N) is 1. The van der Waals surface area contributed by atoms with Crippen molar-refractivity contribution in [3.63, 3.8) is 0 Å². The molecule has 0 aliphatic carbocycles. The Morgan fingerprint density at radius 1 is 1.24 bits per heavy atom. The van der Waals surface area contributed by atoms with E-state index >= 15 is 0 Å². The van der Waals surface area contributed by atoms with Crippen molar-refractivity contribution in [3.8, 4) is 5.88 Å². The van der Waals surface area contributed by atoms with Crippen LogP contribution in [0.4, 0.5) is 19.0 Å². The maximum Gasteiger partial charge on any atom is 0.417 e. The number of hydrogen-bond donors (Lipinski definition) is 1. The average molecular weight is 318 g/mol. The van der Waals surface area contributed by atoms with Gasteiger partial charge in [-0.15, -0.1) is 0 Å². The van der Waals surface area contributed by atoms with Crippen LogP contribution in [0.3, 0.4) is 0 Å². The molecule has 0 amide bonds. The zero-order chi connectivity index (χ0) is 15.5. The second kappa shape index (κ2) is 6.17.